The van der Waals surface area contributed by atoms with Crippen LogP contribution in [0.1, 0.15) is 23.2 Å². The standard InChI is InChI=1S/C19H19F2N3O3/c20-14-2-3-16(15(21)11-14)23-18(25)13-1-4-17(22-12-13)24-7-5-19(6-8-24)26-9-10-27-19/h1-4,11-12H,5-10H2,(H,23,25). The Balaban J connectivity index is 1.39. The number of ether oxygens (including phenoxy) is 2. The number of rotatable bonds is 3. The molecule has 2 aliphatic rings. The van der Waals surface area contributed by atoms with Crippen molar-refractivity contribution in [3.05, 3.63) is 53.7 Å². The maximum absolute atomic E-state index is 13.7. The lowest BCUT2D eigenvalue weighted by Crippen LogP contribution is -2.45. The molecule has 8 heteroatoms. The van der Waals surface area contributed by atoms with Crippen LogP contribution in [0.2, 0.25) is 0 Å². The molecule has 0 atom stereocenters. The highest BCUT2D eigenvalue weighted by atomic mass is 19.1. The van der Waals surface area contributed by atoms with Crippen molar-refractivity contribution >= 4 is 17.4 Å². The SMILES string of the molecule is O=C(Nc1ccc(F)cc1F)c1ccc(N2CCC3(CC2)OCCO3)nc1. The maximum Gasteiger partial charge on any atom is 0.257 e. The predicted molar refractivity (Wildman–Crippen MR) is 94.6 cm³/mol. The zero-order valence-electron chi connectivity index (χ0n) is 14.6. The summed E-state index contributed by atoms with van der Waals surface area (Å²) < 4.78 is 38.0. The number of hydrogen-bond donors (Lipinski definition) is 1. The Hall–Kier alpha value is -2.58. The lowest BCUT2D eigenvalue weighted by Gasteiger charge is -2.38. The van der Waals surface area contributed by atoms with E-state index >= 15 is 0 Å². The van der Waals surface area contributed by atoms with Crippen LogP contribution in [0.3, 0.4) is 0 Å². The molecule has 2 saturated heterocycles. The Morgan fingerprint density at radius 3 is 2.48 bits per heavy atom. The summed E-state index contributed by atoms with van der Waals surface area (Å²) in [6.45, 7) is 2.77. The monoisotopic (exact) mass is 375 g/mol. The normalized spacial score (nSPS) is 18.7. The van der Waals surface area contributed by atoms with E-state index in [9.17, 15) is 13.6 Å². The third-order valence-electron chi connectivity index (χ3n) is 4.85. The summed E-state index contributed by atoms with van der Waals surface area (Å²) >= 11 is 0. The third-order valence-corrected chi connectivity index (χ3v) is 4.85. The second-order valence-corrected chi connectivity index (χ2v) is 6.58. The zero-order valence-corrected chi connectivity index (χ0v) is 14.6. The van der Waals surface area contributed by atoms with Gasteiger partial charge in [0.05, 0.1) is 24.5 Å². The molecular weight excluding hydrogens is 356 g/mol. The molecule has 1 aromatic carbocycles. The largest absolute Gasteiger partial charge is 0.356 e. The van der Waals surface area contributed by atoms with Gasteiger partial charge in [0.2, 0.25) is 0 Å². The van der Waals surface area contributed by atoms with Crippen LogP contribution in [-0.2, 0) is 9.47 Å². The van der Waals surface area contributed by atoms with Gasteiger partial charge < -0.3 is 19.7 Å². The van der Waals surface area contributed by atoms with Crippen molar-refractivity contribution in [2.45, 2.75) is 18.6 Å². The van der Waals surface area contributed by atoms with Crippen molar-refractivity contribution in [3.63, 3.8) is 0 Å². The van der Waals surface area contributed by atoms with E-state index in [1.54, 1.807) is 12.1 Å². The summed E-state index contributed by atoms with van der Waals surface area (Å²) in [4.78, 5) is 18.7. The van der Waals surface area contributed by atoms with E-state index in [0.29, 0.717) is 18.8 Å². The molecule has 1 spiro atoms. The van der Waals surface area contributed by atoms with Crippen LogP contribution in [0, 0.1) is 11.6 Å². The number of hydrogen-bond acceptors (Lipinski definition) is 5. The number of aromatic nitrogens is 1. The van der Waals surface area contributed by atoms with Gasteiger partial charge in [0.25, 0.3) is 5.91 Å². The van der Waals surface area contributed by atoms with Gasteiger partial charge in [0, 0.05) is 38.2 Å². The van der Waals surface area contributed by atoms with E-state index in [4.69, 9.17) is 9.47 Å². The highest BCUT2D eigenvalue weighted by Crippen LogP contribution is 2.32. The summed E-state index contributed by atoms with van der Waals surface area (Å²) in [7, 11) is 0. The molecule has 0 radical (unpaired) electrons. The molecular formula is C19H19F2N3O3. The van der Waals surface area contributed by atoms with Crippen molar-refractivity contribution in [1.29, 1.82) is 0 Å². The van der Waals surface area contributed by atoms with E-state index in [1.807, 2.05) is 0 Å². The number of piperidine rings is 1. The number of halogens is 2. The number of benzene rings is 1. The Kier molecular flexibility index (Phi) is 4.75. The fourth-order valence-electron chi connectivity index (χ4n) is 3.35. The van der Waals surface area contributed by atoms with Crippen molar-refractivity contribution < 1.29 is 23.0 Å². The lowest BCUT2D eigenvalue weighted by atomic mass is 10.0. The molecule has 2 fully saturated rings. The molecule has 1 aromatic heterocycles. The maximum atomic E-state index is 13.7. The van der Waals surface area contributed by atoms with Crippen LogP contribution in [0.25, 0.3) is 0 Å². The fourth-order valence-corrected chi connectivity index (χ4v) is 3.35. The Bertz CT molecular complexity index is 829. The van der Waals surface area contributed by atoms with E-state index in [0.717, 1.165) is 43.9 Å². The summed E-state index contributed by atoms with van der Waals surface area (Å²) in [5.74, 6) is -1.73. The van der Waals surface area contributed by atoms with E-state index < -0.39 is 23.3 Å². The second-order valence-electron chi connectivity index (χ2n) is 6.58. The molecule has 27 heavy (non-hydrogen) atoms. The van der Waals surface area contributed by atoms with E-state index in [-0.39, 0.29) is 5.69 Å². The van der Waals surface area contributed by atoms with Gasteiger partial charge in [-0.2, -0.15) is 0 Å². The van der Waals surface area contributed by atoms with E-state index in [2.05, 4.69) is 15.2 Å². The van der Waals surface area contributed by atoms with Crippen LogP contribution in [0.15, 0.2) is 36.5 Å². The van der Waals surface area contributed by atoms with Crippen LogP contribution in [-0.4, -0.2) is 43.0 Å². The minimum atomic E-state index is -0.827. The smallest absolute Gasteiger partial charge is 0.257 e. The number of carbonyl (C=O) groups excluding carboxylic acids is 1. The Labute approximate surface area is 155 Å². The first-order valence-electron chi connectivity index (χ1n) is 8.80. The first-order chi connectivity index (χ1) is 13.0. The van der Waals surface area contributed by atoms with Crippen LogP contribution in [0.4, 0.5) is 20.3 Å². The van der Waals surface area contributed by atoms with Crippen molar-refractivity contribution in [2.75, 3.05) is 36.5 Å². The summed E-state index contributed by atoms with van der Waals surface area (Å²) in [5.41, 5.74) is 0.210. The molecule has 3 heterocycles. The van der Waals surface area contributed by atoms with Crippen LogP contribution < -0.4 is 10.2 Å². The van der Waals surface area contributed by atoms with Crippen molar-refractivity contribution in [3.8, 4) is 0 Å². The molecule has 2 aliphatic heterocycles. The van der Waals surface area contributed by atoms with Gasteiger partial charge in [0.15, 0.2) is 5.79 Å². The molecule has 0 bridgehead atoms. The molecule has 0 unspecified atom stereocenters. The van der Waals surface area contributed by atoms with Gasteiger partial charge in [0.1, 0.15) is 17.5 Å². The first kappa shape index (κ1) is 17.8. The topological polar surface area (TPSA) is 63.7 Å². The minimum Gasteiger partial charge on any atom is -0.356 e. The lowest BCUT2D eigenvalue weighted by molar-refractivity contribution is -0.169. The molecule has 1 amide bonds. The quantitative estimate of drug-likeness (QED) is 0.894. The molecule has 1 N–H and O–H groups in total. The van der Waals surface area contributed by atoms with E-state index in [1.165, 1.54) is 12.3 Å². The first-order valence-corrected chi connectivity index (χ1v) is 8.80. The van der Waals surface area contributed by atoms with Crippen molar-refractivity contribution in [2.24, 2.45) is 0 Å². The van der Waals surface area contributed by atoms with Crippen LogP contribution >= 0.6 is 0 Å². The van der Waals surface area contributed by atoms with Gasteiger partial charge >= 0.3 is 0 Å². The predicted octanol–water partition coefficient (Wildman–Crippen LogP) is 2.96. The average molecular weight is 375 g/mol. The fraction of sp³-hybridized carbons (Fsp3) is 0.368. The number of pyridine rings is 1. The minimum absolute atomic E-state index is 0.0802. The van der Waals surface area contributed by atoms with Gasteiger partial charge in [-0.25, -0.2) is 13.8 Å². The number of nitrogens with zero attached hydrogens (tertiary/aromatic N) is 2. The van der Waals surface area contributed by atoms with Gasteiger partial charge in [-0.3, -0.25) is 4.79 Å². The average Bonchev–Trinajstić information content (AvgIpc) is 3.13. The molecule has 2 aromatic rings. The highest BCUT2D eigenvalue weighted by molar-refractivity contribution is 6.04. The Morgan fingerprint density at radius 1 is 1.11 bits per heavy atom. The highest BCUT2D eigenvalue weighted by Gasteiger charge is 2.40. The molecule has 0 aliphatic carbocycles. The summed E-state index contributed by atoms with van der Waals surface area (Å²) in [6, 6.07) is 6.37. The third kappa shape index (κ3) is 3.77. The molecule has 142 valence electrons. The summed E-state index contributed by atoms with van der Waals surface area (Å²) in [6.07, 6.45) is 2.97. The second kappa shape index (κ2) is 7.21. The molecule has 0 saturated carbocycles. The van der Waals surface area contributed by atoms with Crippen molar-refractivity contribution in [1.82, 2.24) is 4.98 Å². The number of nitrogens with one attached hydrogen (secondary N) is 1. The number of amides is 1. The Morgan fingerprint density at radius 2 is 1.85 bits per heavy atom. The van der Waals surface area contributed by atoms with Gasteiger partial charge in [-0.1, -0.05) is 0 Å². The molecule has 4 rings (SSSR count). The molecule has 6 nitrogen and oxygen atoms in total. The van der Waals surface area contributed by atoms with Crippen LogP contribution in [0.5, 0.6) is 0 Å². The van der Waals surface area contributed by atoms with Gasteiger partial charge in [-0.05, 0) is 24.3 Å². The zero-order chi connectivity index (χ0) is 18.9. The number of carbonyl (C=O) groups is 1. The number of anilines is 2. The summed E-state index contributed by atoms with van der Waals surface area (Å²) in [5, 5.41) is 2.42. The van der Waals surface area contributed by atoms with Gasteiger partial charge in [-0.15, -0.1) is 0 Å².